The first-order chi connectivity index (χ1) is 11.4. The number of nitrogens with zero attached hydrogens (tertiary/aromatic N) is 1. The third-order valence-corrected chi connectivity index (χ3v) is 4.11. The fraction of sp³-hybridized carbons (Fsp3) is 0.579. The SMILES string of the molecule is CCOC(=O)C1CCCN(C(=O)c2ccc(OC(C)C)c(C)c2)C1. The molecule has 1 saturated heterocycles. The second-order valence-corrected chi connectivity index (χ2v) is 6.49. The molecule has 2 rings (SSSR count). The number of likely N-dealkylation sites (tertiary alicyclic amines) is 1. The lowest BCUT2D eigenvalue weighted by Crippen LogP contribution is -2.42. The zero-order chi connectivity index (χ0) is 17.7. The number of piperidine rings is 1. The topological polar surface area (TPSA) is 55.8 Å². The lowest BCUT2D eigenvalue weighted by atomic mass is 9.97. The van der Waals surface area contributed by atoms with Gasteiger partial charge in [-0.25, -0.2) is 0 Å². The normalized spacial score (nSPS) is 17.7. The van der Waals surface area contributed by atoms with Crippen LogP contribution in [0.25, 0.3) is 0 Å². The third kappa shape index (κ3) is 4.49. The summed E-state index contributed by atoms with van der Waals surface area (Å²) < 4.78 is 10.8. The zero-order valence-electron chi connectivity index (χ0n) is 15.0. The van der Waals surface area contributed by atoms with Gasteiger partial charge in [-0.05, 0) is 64.3 Å². The summed E-state index contributed by atoms with van der Waals surface area (Å²) >= 11 is 0. The van der Waals surface area contributed by atoms with E-state index < -0.39 is 0 Å². The molecule has 1 unspecified atom stereocenters. The predicted octanol–water partition coefficient (Wildman–Crippen LogP) is 3.20. The molecule has 1 amide bonds. The highest BCUT2D eigenvalue weighted by Crippen LogP contribution is 2.24. The second kappa shape index (κ2) is 8.18. The van der Waals surface area contributed by atoms with Gasteiger partial charge in [0, 0.05) is 18.7 Å². The minimum absolute atomic E-state index is 0.0387. The van der Waals surface area contributed by atoms with Crippen LogP contribution in [0.3, 0.4) is 0 Å². The van der Waals surface area contributed by atoms with Crippen molar-refractivity contribution in [2.24, 2.45) is 5.92 Å². The van der Waals surface area contributed by atoms with Gasteiger partial charge in [0.05, 0.1) is 18.6 Å². The Bertz CT molecular complexity index is 597. The summed E-state index contributed by atoms with van der Waals surface area (Å²) in [7, 11) is 0. The number of benzene rings is 1. The van der Waals surface area contributed by atoms with Crippen LogP contribution in [-0.4, -0.2) is 42.6 Å². The van der Waals surface area contributed by atoms with Gasteiger partial charge in [0.1, 0.15) is 5.75 Å². The average Bonchev–Trinajstić information content (AvgIpc) is 2.56. The summed E-state index contributed by atoms with van der Waals surface area (Å²) in [5.41, 5.74) is 1.57. The van der Waals surface area contributed by atoms with Gasteiger partial charge < -0.3 is 14.4 Å². The summed E-state index contributed by atoms with van der Waals surface area (Å²) in [6.45, 7) is 9.17. The van der Waals surface area contributed by atoms with Crippen LogP contribution < -0.4 is 4.74 Å². The highest BCUT2D eigenvalue weighted by molar-refractivity contribution is 5.95. The molecule has 5 nitrogen and oxygen atoms in total. The number of carbonyl (C=O) groups is 2. The number of carbonyl (C=O) groups excluding carboxylic acids is 2. The molecule has 1 aromatic rings. The Balaban J connectivity index is 2.08. The number of rotatable bonds is 5. The molecule has 0 bridgehead atoms. The van der Waals surface area contributed by atoms with Crippen LogP contribution in [0.1, 0.15) is 49.5 Å². The molecule has 0 spiro atoms. The summed E-state index contributed by atoms with van der Waals surface area (Å²) in [6, 6.07) is 5.49. The Hall–Kier alpha value is -2.04. The van der Waals surface area contributed by atoms with Gasteiger partial charge in [-0.3, -0.25) is 9.59 Å². The molecule has 24 heavy (non-hydrogen) atoms. The van der Waals surface area contributed by atoms with Crippen molar-refractivity contribution >= 4 is 11.9 Å². The Morgan fingerprint density at radius 1 is 1.33 bits per heavy atom. The first-order valence-corrected chi connectivity index (χ1v) is 8.65. The fourth-order valence-corrected chi connectivity index (χ4v) is 2.97. The van der Waals surface area contributed by atoms with E-state index in [0.717, 1.165) is 24.2 Å². The van der Waals surface area contributed by atoms with Gasteiger partial charge in [-0.15, -0.1) is 0 Å². The molecule has 0 radical (unpaired) electrons. The highest BCUT2D eigenvalue weighted by atomic mass is 16.5. The van der Waals surface area contributed by atoms with Crippen LogP contribution in [-0.2, 0) is 9.53 Å². The van der Waals surface area contributed by atoms with Crippen LogP contribution in [0.4, 0.5) is 0 Å². The third-order valence-electron chi connectivity index (χ3n) is 4.11. The average molecular weight is 333 g/mol. The second-order valence-electron chi connectivity index (χ2n) is 6.49. The molecule has 1 aliphatic rings. The minimum Gasteiger partial charge on any atom is -0.491 e. The van der Waals surface area contributed by atoms with Crippen LogP contribution >= 0.6 is 0 Å². The van der Waals surface area contributed by atoms with Gasteiger partial charge >= 0.3 is 5.97 Å². The van der Waals surface area contributed by atoms with Crippen molar-refractivity contribution in [3.05, 3.63) is 29.3 Å². The molecule has 132 valence electrons. The number of aryl methyl sites for hydroxylation is 1. The van der Waals surface area contributed by atoms with E-state index in [1.54, 1.807) is 17.9 Å². The molecule has 0 saturated carbocycles. The van der Waals surface area contributed by atoms with Crippen molar-refractivity contribution in [2.45, 2.75) is 46.6 Å². The van der Waals surface area contributed by atoms with Crippen molar-refractivity contribution in [3.63, 3.8) is 0 Å². The molecule has 0 aromatic heterocycles. The van der Waals surface area contributed by atoms with Gasteiger partial charge in [-0.1, -0.05) is 0 Å². The largest absolute Gasteiger partial charge is 0.491 e. The van der Waals surface area contributed by atoms with E-state index in [4.69, 9.17) is 9.47 Å². The number of hydrogen-bond donors (Lipinski definition) is 0. The summed E-state index contributed by atoms with van der Waals surface area (Å²) in [5, 5.41) is 0. The molecule has 1 heterocycles. The predicted molar refractivity (Wildman–Crippen MR) is 92.2 cm³/mol. The molecule has 1 aromatic carbocycles. The summed E-state index contributed by atoms with van der Waals surface area (Å²) in [5.74, 6) is 0.340. The Labute approximate surface area is 143 Å². The quantitative estimate of drug-likeness (QED) is 0.777. The van der Waals surface area contributed by atoms with E-state index in [1.807, 2.05) is 32.9 Å². The van der Waals surface area contributed by atoms with Crippen molar-refractivity contribution < 1.29 is 19.1 Å². The van der Waals surface area contributed by atoms with E-state index in [2.05, 4.69) is 0 Å². The molecule has 0 N–H and O–H groups in total. The molecular weight excluding hydrogens is 306 g/mol. The number of ether oxygens (including phenoxy) is 2. The maximum atomic E-state index is 12.7. The standard InChI is InChI=1S/C19H27NO4/c1-5-23-19(22)16-7-6-10-20(12-16)18(21)15-8-9-17(14(4)11-15)24-13(2)3/h8-9,11,13,16H,5-7,10,12H2,1-4H3. The van der Waals surface area contributed by atoms with Gasteiger partial charge in [0.15, 0.2) is 0 Å². The molecule has 5 heteroatoms. The Kier molecular flexibility index (Phi) is 6.23. The fourth-order valence-electron chi connectivity index (χ4n) is 2.97. The molecule has 1 atom stereocenters. The first-order valence-electron chi connectivity index (χ1n) is 8.65. The van der Waals surface area contributed by atoms with Gasteiger partial charge in [-0.2, -0.15) is 0 Å². The number of hydrogen-bond acceptors (Lipinski definition) is 4. The van der Waals surface area contributed by atoms with Crippen molar-refractivity contribution in [1.82, 2.24) is 4.90 Å². The smallest absolute Gasteiger partial charge is 0.310 e. The Morgan fingerprint density at radius 2 is 2.08 bits per heavy atom. The zero-order valence-corrected chi connectivity index (χ0v) is 15.0. The van der Waals surface area contributed by atoms with E-state index in [1.165, 1.54) is 0 Å². The number of amides is 1. The molecule has 0 aliphatic carbocycles. The van der Waals surface area contributed by atoms with E-state index in [9.17, 15) is 9.59 Å². The first kappa shape index (κ1) is 18.3. The summed E-state index contributed by atoms with van der Waals surface area (Å²) in [4.78, 5) is 26.4. The lowest BCUT2D eigenvalue weighted by molar-refractivity contribution is -0.149. The van der Waals surface area contributed by atoms with Crippen molar-refractivity contribution in [3.8, 4) is 5.75 Å². The Morgan fingerprint density at radius 3 is 2.71 bits per heavy atom. The monoisotopic (exact) mass is 333 g/mol. The maximum Gasteiger partial charge on any atom is 0.310 e. The molecular formula is C19H27NO4. The lowest BCUT2D eigenvalue weighted by Gasteiger charge is -2.31. The van der Waals surface area contributed by atoms with Gasteiger partial charge in [0.2, 0.25) is 0 Å². The van der Waals surface area contributed by atoms with Crippen LogP contribution in [0, 0.1) is 12.8 Å². The van der Waals surface area contributed by atoms with Crippen molar-refractivity contribution in [1.29, 1.82) is 0 Å². The maximum absolute atomic E-state index is 12.7. The molecule has 1 aliphatic heterocycles. The van der Waals surface area contributed by atoms with Crippen LogP contribution in [0.5, 0.6) is 5.75 Å². The number of esters is 1. The van der Waals surface area contributed by atoms with Crippen LogP contribution in [0.2, 0.25) is 0 Å². The van der Waals surface area contributed by atoms with E-state index >= 15 is 0 Å². The van der Waals surface area contributed by atoms with E-state index in [0.29, 0.717) is 25.3 Å². The minimum atomic E-state index is -0.215. The van der Waals surface area contributed by atoms with E-state index in [-0.39, 0.29) is 23.9 Å². The summed E-state index contributed by atoms with van der Waals surface area (Å²) in [6.07, 6.45) is 1.70. The van der Waals surface area contributed by atoms with Crippen molar-refractivity contribution in [2.75, 3.05) is 19.7 Å². The highest BCUT2D eigenvalue weighted by Gasteiger charge is 2.29. The van der Waals surface area contributed by atoms with Crippen LogP contribution in [0.15, 0.2) is 18.2 Å². The molecule has 1 fully saturated rings. The van der Waals surface area contributed by atoms with Gasteiger partial charge in [0.25, 0.3) is 5.91 Å².